The molecule has 2 aliphatic rings. The van der Waals surface area contributed by atoms with Gasteiger partial charge in [0.15, 0.2) is 23.1 Å². The summed E-state index contributed by atoms with van der Waals surface area (Å²) in [6.45, 7) is 7.33. The third-order valence-electron chi connectivity index (χ3n) is 10.9. The van der Waals surface area contributed by atoms with Gasteiger partial charge in [0, 0.05) is 50.3 Å². The van der Waals surface area contributed by atoms with E-state index in [-0.39, 0.29) is 61.9 Å². The van der Waals surface area contributed by atoms with E-state index in [1.165, 1.54) is 19.1 Å². The molecule has 6 aromatic carbocycles. The molecule has 56 heavy (non-hydrogen) atoms. The van der Waals surface area contributed by atoms with Gasteiger partial charge >= 0.3 is 0 Å². The molecule has 6 aromatic rings. The first kappa shape index (κ1) is 36.3. The Hall–Kier alpha value is -6.69. The smallest absolute Gasteiger partial charge is 0.294 e. The molecule has 8 rings (SSSR count). The van der Waals surface area contributed by atoms with Crippen LogP contribution >= 0.6 is 0 Å². The highest BCUT2D eigenvalue weighted by molar-refractivity contribution is 7.85. The minimum atomic E-state index is -4.74. The summed E-state index contributed by atoms with van der Waals surface area (Å²) in [5.41, 5.74) is 12.0. The van der Waals surface area contributed by atoms with E-state index < -0.39 is 32.0 Å². The van der Waals surface area contributed by atoms with Gasteiger partial charge < -0.3 is 16.4 Å². The van der Waals surface area contributed by atoms with Gasteiger partial charge in [0.05, 0.1) is 33.0 Å². The predicted octanol–water partition coefficient (Wildman–Crippen LogP) is 8.50. The average Bonchev–Trinajstić information content (AvgIpc) is 3.18. The predicted molar refractivity (Wildman–Crippen MR) is 215 cm³/mol. The summed E-state index contributed by atoms with van der Waals surface area (Å²) >= 11 is 0. The monoisotopic (exact) mass is 761 g/mol. The van der Waals surface area contributed by atoms with Crippen molar-refractivity contribution in [1.29, 1.82) is 0 Å². The first-order chi connectivity index (χ1) is 26.6. The molecule has 0 bridgehead atoms. The Balaban J connectivity index is 1.07. The molecule has 10 nitrogen and oxygen atoms in total. The SMILES string of the molecule is Cc1cc(Nc2ccc(C(C)(C)c3ccc(Nc4cc(S(=O)(=O)O)c(C)c5c4C(=O)c4ccccc4C5=O)cc3)cc2)c2c(c1N)C(=O)c1ccccc1C2=O. The molecule has 5 N–H and O–H groups in total. The number of anilines is 5. The third kappa shape index (κ3) is 5.71. The van der Waals surface area contributed by atoms with Gasteiger partial charge in [-0.15, -0.1) is 0 Å². The maximum absolute atomic E-state index is 13.8. The largest absolute Gasteiger partial charge is 0.398 e. The molecule has 278 valence electrons. The summed E-state index contributed by atoms with van der Waals surface area (Å²) in [6, 6.07) is 31.2. The molecule has 0 amide bonds. The van der Waals surface area contributed by atoms with Gasteiger partial charge in [-0.05, 0) is 72.5 Å². The number of hydrogen-bond donors (Lipinski definition) is 4. The minimum absolute atomic E-state index is 0.00322. The van der Waals surface area contributed by atoms with Crippen molar-refractivity contribution in [3.63, 3.8) is 0 Å². The quantitative estimate of drug-likeness (QED) is 0.0911. The Morgan fingerprint density at radius 1 is 0.554 bits per heavy atom. The molecule has 0 saturated carbocycles. The number of nitrogens with one attached hydrogen (secondary N) is 2. The summed E-state index contributed by atoms with van der Waals surface area (Å²) in [5, 5.41) is 6.48. The molecule has 0 unspecified atom stereocenters. The second-order valence-corrected chi connectivity index (χ2v) is 16.0. The number of carbonyl (C=O) groups is 4. The summed E-state index contributed by atoms with van der Waals surface area (Å²) in [4.78, 5) is 54.1. The lowest BCUT2D eigenvalue weighted by Gasteiger charge is -2.27. The van der Waals surface area contributed by atoms with Crippen LogP contribution in [0.3, 0.4) is 0 Å². The first-order valence-electron chi connectivity index (χ1n) is 17.8. The van der Waals surface area contributed by atoms with E-state index in [2.05, 4.69) is 24.5 Å². The normalized spacial score (nSPS) is 13.4. The molecule has 0 aliphatic heterocycles. The Morgan fingerprint density at radius 2 is 0.929 bits per heavy atom. The third-order valence-corrected chi connectivity index (χ3v) is 11.9. The van der Waals surface area contributed by atoms with Crippen LogP contribution in [0.25, 0.3) is 0 Å². The zero-order valence-electron chi connectivity index (χ0n) is 30.8. The van der Waals surface area contributed by atoms with Crippen molar-refractivity contribution in [1.82, 2.24) is 0 Å². The summed E-state index contributed by atoms with van der Waals surface area (Å²) in [7, 11) is -4.74. The number of benzene rings is 6. The summed E-state index contributed by atoms with van der Waals surface area (Å²) in [5.74, 6) is -1.49. The number of nitrogen functional groups attached to an aromatic ring is 1. The second kappa shape index (κ2) is 13.0. The fourth-order valence-corrected chi connectivity index (χ4v) is 8.52. The van der Waals surface area contributed by atoms with Gasteiger partial charge in [-0.3, -0.25) is 23.7 Å². The molecule has 2 aliphatic carbocycles. The number of hydrogen-bond acceptors (Lipinski definition) is 9. The van der Waals surface area contributed by atoms with Gasteiger partial charge in [0.1, 0.15) is 0 Å². The molecule has 0 radical (unpaired) electrons. The van der Waals surface area contributed by atoms with E-state index in [4.69, 9.17) is 5.73 Å². The molecule has 0 saturated heterocycles. The zero-order valence-corrected chi connectivity index (χ0v) is 31.6. The maximum atomic E-state index is 13.8. The van der Waals surface area contributed by atoms with Crippen LogP contribution in [-0.4, -0.2) is 36.1 Å². The van der Waals surface area contributed by atoms with E-state index in [1.54, 1.807) is 67.6 Å². The molecular formula is C45H35N3O7S. The Morgan fingerprint density at radius 3 is 1.36 bits per heavy atom. The number of aryl methyl sites for hydroxylation is 1. The summed E-state index contributed by atoms with van der Waals surface area (Å²) < 4.78 is 34.9. The molecule has 0 atom stereocenters. The van der Waals surface area contributed by atoms with Crippen LogP contribution in [0.15, 0.2) is 114 Å². The fourth-order valence-electron chi connectivity index (χ4n) is 7.76. The van der Waals surface area contributed by atoms with Crippen molar-refractivity contribution in [3.8, 4) is 0 Å². The second-order valence-electron chi connectivity index (χ2n) is 14.6. The van der Waals surface area contributed by atoms with Crippen molar-refractivity contribution in [2.75, 3.05) is 16.4 Å². The maximum Gasteiger partial charge on any atom is 0.294 e. The molecular weight excluding hydrogens is 727 g/mol. The van der Waals surface area contributed by atoms with Crippen LogP contribution in [0.1, 0.15) is 99.8 Å². The lowest BCUT2D eigenvalue weighted by Crippen LogP contribution is -2.24. The van der Waals surface area contributed by atoms with Crippen LogP contribution in [0.4, 0.5) is 28.4 Å². The van der Waals surface area contributed by atoms with Crippen LogP contribution in [0.2, 0.25) is 0 Å². The molecule has 11 heteroatoms. The first-order valence-corrected chi connectivity index (χ1v) is 19.2. The molecule has 0 fully saturated rings. The van der Waals surface area contributed by atoms with Gasteiger partial charge in [0.2, 0.25) is 0 Å². The van der Waals surface area contributed by atoms with Crippen molar-refractivity contribution in [2.24, 2.45) is 0 Å². The lowest BCUT2D eigenvalue weighted by molar-refractivity contribution is 0.0979. The molecule has 0 spiro atoms. The number of fused-ring (bicyclic) bond motifs is 4. The summed E-state index contributed by atoms with van der Waals surface area (Å²) in [6.07, 6.45) is 0. The van der Waals surface area contributed by atoms with Crippen LogP contribution in [0.5, 0.6) is 0 Å². The highest BCUT2D eigenvalue weighted by atomic mass is 32.2. The lowest BCUT2D eigenvalue weighted by atomic mass is 9.78. The Labute approximate surface area is 323 Å². The fraction of sp³-hybridized carbons (Fsp3) is 0.111. The number of carbonyl (C=O) groups excluding carboxylic acids is 4. The zero-order chi connectivity index (χ0) is 39.8. The topological polar surface area (TPSA) is 173 Å². The van der Waals surface area contributed by atoms with Crippen molar-refractivity contribution >= 4 is 61.7 Å². The van der Waals surface area contributed by atoms with Crippen molar-refractivity contribution in [3.05, 3.63) is 176 Å². The highest BCUT2D eigenvalue weighted by Crippen LogP contribution is 2.41. The average molecular weight is 762 g/mol. The van der Waals surface area contributed by atoms with Gasteiger partial charge in [0.25, 0.3) is 10.1 Å². The van der Waals surface area contributed by atoms with E-state index in [1.807, 2.05) is 36.4 Å². The standard InChI is InChI=1S/C45H35N3O7S/c1-23-21-33(38-39(40(23)46)44(52)32-12-8-7-11-31(32)43(38)51)47-27-17-13-25(14-18-27)45(3,4)26-15-19-28(20-16-26)48-34-22-35(56(53,54)55)24(2)36-37(34)42(50)30-10-6-5-9-29(30)41(36)49/h5-22,47-48H,46H2,1-4H3,(H,53,54,55). The van der Waals surface area contributed by atoms with E-state index in [9.17, 15) is 32.1 Å². The number of nitrogens with two attached hydrogens (primary N) is 1. The van der Waals surface area contributed by atoms with Gasteiger partial charge in [-0.25, -0.2) is 0 Å². The van der Waals surface area contributed by atoms with Crippen LogP contribution in [-0.2, 0) is 15.5 Å². The molecule has 0 aromatic heterocycles. The van der Waals surface area contributed by atoms with E-state index in [0.29, 0.717) is 33.8 Å². The Kier molecular flexibility index (Phi) is 8.41. The van der Waals surface area contributed by atoms with Crippen molar-refractivity contribution < 1.29 is 32.1 Å². The van der Waals surface area contributed by atoms with Gasteiger partial charge in [-0.2, -0.15) is 8.42 Å². The van der Waals surface area contributed by atoms with Crippen LogP contribution in [0, 0.1) is 13.8 Å². The number of ketones is 4. The van der Waals surface area contributed by atoms with Crippen LogP contribution < -0.4 is 16.4 Å². The molecule has 0 heterocycles. The van der Waals surface area contributed by atoms with E-state index in [0.717, 1.165) is 11.1 Å². The Bertz CT molecular complexity index is 2840. The minimum Gasteiger partial charge on any atom is -0.398 e. The number of rotatable bonds is 7. The van der Waals surface area contributed by atoms with Gasteiger partial charge in [-0.1, -0.05) is 86.6 Å². The van der Waals surface area contributed by atoms with Crippen molar-refractivity contribution in [2.45, 2.75) is 38.0 Å². The highest BCUT2D eigenvalue weighted by Gasteiger charge is 2.37. The van der Waals surface area contributed by atoms with E-state index >= 15 is 0 Å².